The predicted molar refractivity (Wildman–Crippen MR) is 158 cm³/mol. The van der Waals surface area contributed by atoms with Gasteiger partial charge in [0.05, 0.1) is 26.5 Å². The van der Waals surface area contributed by atoms with Crippen LogP contribution in [0.1, 0.15) is 59.7 Å². The summed E-state index contributed by atoms with van der Waals surface area (Å²) in [5.41, 5.74) is 1.45. The van der Waals surface area contributed by atoms with Gasteiger partial charge >= 0.3 is 0 Å². The maximum atomic E-state index is 14.9. The highest BCUT2D eigenvalue weighted by atomic mass is 35.5. The first kappa shape index (κ1) is 26.2. The van der Waals surface area contributed by atoms with Crippen LogP contribution in [-0.4, -0.2) is 48.8 Å². The lowest BCUT2D eigenvalue weighted by atomic mass is 9.62. The van der Waals surface area contributed by atoms with E-state index in [1.165, 1.54) is 7.11 Å². The molecular formula is C34H25ClN2O5. The molecule has 3 aliphatic rings. The zero-order valence-corrected chi connectivity index (χ0v) is 23.5. The fraction of sp³-hybridized carbons (Fsp3) is 0.176. The van der Waals surface area contributed by atoms with Crippen molar-refractivity contribution in [2.75, 3.05) is 14.2 Å². The van der Waals surface area contributed by atoms with E-state index in [-0.39, 0.29) is 17.3 Å². The van der Waals surface area contributed by atoms with E-state index < -0.39 is 23.4 Å². The van der Waals surface area contributed by atoms with Crippen molar-refractivity contribution in [2.24, 2.45) is 10.5 Å². The lowest BCUT2D eigenvalue weighted by Crippen LogP contribution is -2.44. The molecule has 1 fully saturated rings. The minimum Gasteiger partial charge on any atom is -0.497 e. The Morgan fingerprint density at radius 3 is 2.17 bits per heavy atom. The molecule has 0 radical (unpaired) electrons. The van der Waals surface area contributed by atoms with Crippen molar-refractivity contribution in [1.82, 2.24) is 5.01 Å². The molecule has 1 aliphatic carbocycles. The highest BCUT2D eigenvalue weighted by Crippen LogP contribution is 2.65. The number of rotatable bonds is 5. The monoisotopic (exact) mass is 576 g/mol. The number of hydrogen-bond acceptors (Lipinski definition) is 7. The molecule has 208 valence electrons. The molecule has 1 spiro atoms. The molecule has 0 aromatic heterocycles. The molecule has 0 saturated carbocycles. The standard InChI is InChI=1S/C34H25ClN2O5/c1-41-22-15-16-26(27(17-22)42-2)28-29(30(38)19-11-13-21(35)14-12-19)37-31(23-8-4-3-7-20(23)18-36-37)34(28)32(39)24-9-5-6-10-25(24)33(34)40/h3-18,28-29,31H,1-2H3/t28-,29-,31+/m0/s1. The Morgan fingerprint density at radius 1 is 0.833 bits per heavy atom. The molecule has 0 bridgehead atoms. The Kier molecular flexibility index (Phi) is 6.02. The first-order chi connectivity index (χ1) is 20.4. The normalized spacial score (nSPS) is 21.2. The molecule has 0 amide bonds. The van der Waals surface area contributed by atoms with Gasteiger partial charge < -0.3 is 9.47 Å². The van der Waals surface area contributed by atoms with Crippen molar-refractivity contribution in [3.05, 3.63) is 129 Å². The smallest absolute Gasteiger partial charge is 0.187 e. The number of carbonyl (C=O) groups is 3. The second-order valence-corrected chi connectivity index (χ2v) is 11.1. The predicted octanol–water partition coefficient (Wildman–Crippen LogP) is 6.16. The molecule has 2 heterocycles. The summed E-state index contributed by atoms with van der Waals surface area (Å²) >= 11 is 6.16. The van der Waals surface area contributed by atoms with Crippen LogP contribution in [-0.2, 0) is 0 Å². The lowest BCUT2D eigenvalue weighted by molar-refractivity contribution is 0.0585. The minimum absolute atomic E-state index is 0.287. The van der Waals surface area contributed by atoms with Crippen LogP contribution in [0.2, 0.25) is 5.02 Å². The molecule has 3 atom stereocenters. The molecule has 0 unspecified atom stereocenters. The number of nitrogens with zero attached hydrogens (tertiary/aromatic N) is 2. The largest absolute Gasteiger partial charge is 0.497 e. The summed E-state index contributed by atoms with van der Waals surface area (Å²) in [6.45, 7) is 0. The summed E-state index contributed by atoms with van der Waals surface area (Å²) < 4.78 is 11.3. The topological polar surface area (TPSA) is 85.3 Å². The van der Waals surface area contributed by atoms with Gasteiger partial charge in [0.1, 0.15) is 23.0 Å². The zero-order valence-electron chi connectivity index (χ0n) is 22.8. The molecule has 4 aromatic rings. The second-order valence-electron chi connectivity index (χ2n) is 10.6. The van der Waals surface area contributed by atoms with Crippen molar-refractivity contribution >= 4 is 35.2 Å². The molecule has 7 nitrogen and oxygen atoms in total. The van der Waals surface area contributed by atoms with Crippen LogP contribution >= 0.6 is 11.6 Å². The van der Waals surface area contributed by atoms with Gasteiger partial charge in [-0.05, 0) is 41.5 Å². The van der Waals surface area contributed by atoms with Crippen molar-refractivity contribution in [3.63, 3.8) is 0 Å². The van der Waals surface area contributed by atoms with Gasteiger partial charge in [-0.25, -0.2) is 0 Å². The van der Waals surface area contributed by atoms with E-state index in [4.69, 9.17) is 26.2 Å². The summed E-state index contributed by atoms with van der Waals surface area (Å²) in [4.78, 5) is 44.3. The average molecular weight is 577 g/mol. The third-order valence-corrected chi connectivity index (χ3v) is 9.00. The molecular weight excluding hydrogens is 552 g/mol. The number of fused-ring (bicyclic) bond motifs is 5. The number of Topliss-reactive ketones (excluding diaryl/α,β-unsaturated/α-hetero) is 3. The van der Waals surface area contributed by atoms with Crippen LogP contribution in [0.15, 0.2) is 96.1 Å². The van der Waals surface area contributed by atoms with Crippen LogP contribution in [0.25, 0.3) is 0 Å². The third-order valence-electron chi connectivity index (χ3n) is 8.75. The van der Waals surface area contributed by atoms with Crippen molar-refractivity contribution in [1.29, 1.82) is 0 Å². The van der Waals surface area contributed by atoms with Crippen LogP contribution in [0, 0.1) is 5.41 Å². The number of hydrogen-bond donors (Lipinski definition) is 0. The molecule has 0 N–H and O–H groups in total. The molecule has 4 aromatic carbocycles. The molecule has 7 rings (SSSR count). The SMILES string of the molecule is COc1ccc([C@H]2[C@@H](C(=O)c3ccc(Cl)cc3)N3N=Cc4ccccc4[C@@H]3C23C(=O)c2ccccc2C3=O)c(OC)c1. The highest BCUT2D eigenvalue weighted by Gasteiger charge is 2.73. The Morgan fingerprint density at radius 2 is 1.50 bits per heavy atom. The van der Waals surface area contributed by atoms with Crippen LogP contribution < -0.4 is 9.47 Å². The molecule has 8 heteroatoms. The number of ether oxygens (including phenoxy) is 2. The van der Waals surface area contributed by atoms with E-state index in [9.17, 15) is 14.4 Å². The third kappa shape index (κ3) is 3.46. The van der Waals surface area contributed by atoms with E-state index in [0.29, 0.717) is 38.8 Å². The fourth-order valence-corrected chi connectivity index (χ4v) is 7.11. The Hall–Kier alpha value is -4.75. The van der Waals surface area contributed by atoms with Crippen LogP contribution in [0.5, 0.6) is 11.5 Å². The maximum Gasteiger partial charge on any atom is 0.187 e. The Labute approximate surface area is 247 Å². The zero-order chi connectivity index (χ0) is 29.2. The van der Waals surface area contributed by atoms with E-state index >= 15 is 0 Å². The fourth-order valence-electron chi connectivity index (χ4n) is 6.98. The van der Waals surface area contributed by atoms with E-state index in [0.717, 1.165) is 11.1 Å². The minimum atomic E-state index is -1.70. The van der Waals surface area contributed by atoms with E-state index in [1.807, 2.05) is 24.3 Å². The summed E-state index contributed by atoms with van der Waals surface area (Å²) in [5.74, 6) is -0.969. The number of benzene rings is 4. The van der Waals surface area contributed by atoms with Gasteiger partial charge in [0.25, 0.3) is 0 Å². The molecule has 1 saturated heterocycles. The van der Waals surface area contributed by atoms with Gasteiger partial charge in [-0.15, -0.1) is 0 Å². The van der Waals surface area contributed by atoms with Crippen molar-refractivity contribution in [2.45, 2.75) is 18.0 Å². The molecule has 2 aliphatic heterocycles. The Bertz CT molecular complexity index is 1780. The van der Waals surface area contributed by atoms with Crippen molar-refractivity contribution < 1.29 is 23.9 Å². The van der Waals surface area contributed by atoms with Gasteiger partial charge in [-0.2, -0.15) is 5.10 Å². The highest BCUT2D eigenvalue weighted by molar-refractivity contribution is 6.32. The van der Waals surface area contributed by atoms with Gasteiger partial charge in [0.2, 0.25) is 0 Å². The summed E-state index contributed by atoms with van der Waals surface area (Å²) in [7, 11) is 3.06. The van der Waals surface area contributed by atoms with Gasteiger partial charge in [-0.1, -0.05) is 66.2 Å². The van der Waals surface area contributed by atoms with Crippen molar-refractivity contribution in [3.8, 4) is 11.5 Å². The van der Waals surface area contributed by atoms with Gasteiger partial charge in [-0.3, -0.25) is 19.4 Å². The number of methoxy groups -OCH3 is 2. The van der Waals surface area contributed by atoms with Crippen LogP contribution in [0.3, 0.4) is 0 Å². The molecule has 42 heavy (non-hydrogen) atoms. The van der Waals surface area contributed by atoms with Crippen LogP contribution in [0.4, 0.5) is 0 Å². The number of ketones is 3. The van der Waals surface area contributed by atoms with E-state index in [2.05, 4.69) is 0 Å². The lowest BCUT2D eigenvalue weighted by Gasteiger charge is -2.36. The van der Waals surface area contributed by atoms with E-state index in [1.54, 1.807) is 85.1 Å². The summed E-state index contributed by atoms with van der Waals surface area (Å²) in [6, 6.07) is 24.4. The summed E-state index contributed by atoms with van der Waals surface area (Å²) in [6.07, 6.45) is 1.69. The number of carbonyl (C=O) groups excluding carboxylic acids is 3. The second kappa shape index (κ2) is 9.67. The van der Waals surface area contributed by atoms with Gasteiger partial charge in [0.15, 0.2) is 17.3 Å². The van der Waals surface area contributed by atoms with Gasteiger partial charge in [0, 0.05) is 39.3 Å². The first-order valence-corrected chi connectivity index (χ1v) is 13.9. The maximum absolute atomic E-state index is 14.9. The Balaban J connectivity index is 1.57. The average Bonchev–Trinajstić information content (AvgIpc) is 3.46. The quantitative estimate of drug-likeness (QED) is 0.209. The number of hydrazone groups is 1. The summed E-state index contributed by atoms with van der Waals surface area (Å²) in [5, 5.41) is 6.94. The first-order valence-electron chi connectivity index (χ1n) is 13.5. The number of halogens is 1.